The van der Waals surface area contributed by atoms with Crippen LogP contribution < -0.4 is 5.32 Å². The van der Waals surface area contributed by atoms with Gasteiger partial charge < -0.3 is 10.2 Å². The summed E-state index contributed by atoms with van der Waals surface area (Å²) < 4.78 is 0. The number of nitrogens with zero attached hydrogens (tertiary/aromatic N) is 1. The highest BCUT2D eigenvalue weighted by Crippen LogP contribution is 2.37. The molecule has 1 heterocycles. The number of hydrogen-bond acceptors (Lipinski definition) is 2. The first-order valence-electron chi connectivity index (χ1n) is 9.81. The van der Waals surface area contributed by atoms with Crippen molar-refractivity contribution in [2.45, 2.75) is 57.5 Å². The molecule has 0 saturated heterocycles. The molecule has 1 aliphatic heterocycles. The smallest absolute Gasteiger partial charge is 0.231 e. The van der Waals surface area contributed by atoms with Crippen LogP contribution in [0.1, 0.15) is 61.6 Å². The minimum absolute atomic E-state index is 0.0766. The van der Waals surface area contributed by atoms with Gasteiger partial charge in [0.05, 0.1) is 5.92 Å². The van der Waals surface area contributed by atoms with Gasteiger partial charge in [0.2, 0.25) is 11.8 Å². The lowest BCUT2D eigenvalue weighted by atomic mass is 9.89. The van der Waals surface area contributed by atoms with Crippen LogP contribution in [0.5, 0.6) is 0 Å². The third-order valence-electron chi connectivity index (χ3n) is 5.57. The average Bonchev–Trinajstić information content (AvgIpc) is 3.50. The Hall–Kier alpha value is -2.62. The number of rotatable bonds is 5. The van der Waals surface area contributed by atoms with Crippen LogP contribution in [0.3, 0.4) is 0 Å². The van der Waals surface area contributed by atoms with Crippen LogP contribution in [0.25, 0.3) is 0 Å². The third kappa shape index (κ3) is 3.75. The first-order chi connectivity index (χ1) is 13.0. The number of carbonyl (C=O) groups is 2. The van der Waals surface area contributed by atoms with E-state index in [0.29, 0.717) is 18.5 Å². The van der Waals surface area contributed by atoms with Gasteiger partial charge in [-0.1, -0.05) is 56.3 Å². The van der Waals surface area contributed by atoms with E-state index >= 15 is 0 Å². The summed E-state index contributed by atoms with van der Waals surface area (Å²) in [4.78, 5) is 27.5. The molecule has 4 heteroatoms. The second-order valence-corrected chi connectivity index (χ2v) is 7.99. The molecule has 2 amide bonds. The molecular weight excluding hydrogens is 336 g/mol. The van der Waals surface area contributed by atoms with E-state index < -0.39 is 0 Å². The first-order valence-corrected chi connectivity index (χ1v) is 9.81. The van der Waals surface area contributed by atoms with Gasteiger partial charge in [-0.15, -0.1) is 0 Å². The van der Waals surface area contributed by atoms with Gasteiger partial charge in [0.1, 0.15) is 0 Å². The summed E-state index contributed by atoms with van der Waals surface area (Å²) in [5.74, 6) is 0.111. The number of benzene rings is 2. The molecule has 0 aromatic heterocycles. The van der Waals surface area contributed by atoms with E-state index in [1.54, 1.807) is 0 Å². The summed E-state index contributed by atoms with van der Waals surface area (Å²) in [6.07, 6.45) is 2.33. The maximum absolute atomic E-state index is 13.4. The standard InChI is InChI=1S/C23H26N2O2/c1-15(2)17-9-7-16(8-10-17)14-25(18-11-12-18)23(27)20-13-22(26)24-21-6-4-3-5-19(20)21/h3-10,15,18,20H,11-14H2,1-2H3,(H,24,26). The molecule has 1 aliphatic carbocycles. The lowest BCUT2D eigenvalue weighted by Crippen LogP contribution is -2.39. The number of anilines is 1. The fraction of sp³-hybridized carbons (Fsp3) is 0.391. The van der Waals surface area contributed by atoms with Crippen molar-refractivity contribution in [1.82, 2.24) is 4.90 Å². The molecule has 1 fully saturated rings. The molecule has 1 atom stereocenters. The maximum atomic E-state index is 13.4. The number of amides is 2. The Bertz CT molecular complexity index is 853. The van der Waals surface area contributed by atoms with Gasteiger partial charge >= 0.3 is 0 Å². The van der Waals surface area contributed by atoms with Gasteiger partial charge in [0, 0.05) is 24.7 Å². The maximum Gasteiger partial charge on any atom is 0.231 e. The topological polar surface area (TPSA) is 49.4 Å². The predicted molar refractivity (Wildman–Crippen MR) is 107 cm³/mol. The van der Waals surface area contributed by atoms with E-state index in [1.165, 1.54) is 5.56 Å². The Balaban J connectivity index is 1.57. The summed E-state index contributed by atoms with van der Waals surface area (Å²) in [6, 6.07) is 16.5. The van der Waals surface area contributed by atoms with E-state index in [2.05, 4.69) is 43.4 Å². The second-order valence-electron chi connectivity index (χ2n) is 7.99. The average molecular weight is 362 g/mol. The molecule has 4 rings (SSSR count). The minimum atomic E-state index is -0.384. The molecule has 0 radical (unpaired) electrons. The van der Waals surface area contributed by atoms with Crippen molar-refractivity contribution in [3.05, 3.63) is 65.2 Å². The number of para-hydroxylation sites is 1. The van der Waals surface area contributed by atoms with Crippen molar-refractivity contribution in [2.24, 2.45) is 0 Å². The molecular formula is C23H26N2O2. The van der Waals surface area contributed by atoms with E-state index in [0.717, 1.165) is 29.7 Å². The Morgan fingerprint density at radius 1 is 1.11 bits per heavy atom. The fourth-order valence-corrected chi connectivity index (χ4v) is 3.81. The summed E-state index contributed by atoms with van der Waals surface area (Å²) in [5, 5.41) is 2.89. The van der Waals surface area contributed by atoms with Crippen LogP contribution in [0.4, 0.5) is 5.69 Å². The zero-order valence-electron chi connectivity index (χ0n) is 15.9. The molecule has 0 bridgehead atoms. The molecule has 0 spiro atoms. The van der Waals surface area contributed by atoms with E-state index in [-0.39, 0.29) is 24.2 Å². The lowest BCUT2D eigenvalue weighted by molar-refractivity contribution is -0.136. The molecule has 27 heavy (non-hydrogen) atoms. The van der Waals surface area contributed by atoms with Crippen molar-refractivity contribution in [3.8, 4) is 0 Å². The third-order valence-corrected chi connectivity index (χ3v) is 5.57. The minimum Gasteiger partial charge on any atom is -0.335 e. The first kappa shape index (κ1) is 17.8. The van der Waals surface area contributed by atoms with Crippen molar-refractivity contribution in [1.29, 1.82) is 0 Å². The van der Waals surface area contributed by atoms with Crippen molar-refractivity contribution < 1.29 is 9.59 Å². The zero-order valence-corrected chi connectivity index (χ0v) is 15.9. The highest BCUT2D eigenvalue weighted by Gasteiger charge is 2.39. The Labute approximate surface area is 160 Å². The number of nitrogens with one attached hydrogen (secondary N) is 1. The van der Waals surface area contributed by atoms with Crippen molar-refractivity contribution in [2.75, 3.05) is 5.32 Å². The van der Waals surface area contributed by atoms with Crippen LogP contribution in [0.2, 0.25) is 0 Å². The highest BCUT2D eigenvalue weighted by molar-refractivity contribution is 6.01. The SMILES string of the molecule is CC(C)c1ccc(CN(C(=O)C2CC(=O)Nc3ccccc32)C2CC2)cc1. The van der Waals surface area contributed by atoms with Gasteiger partial charge in [-0.2, -0.15) is 0 Å². The summed E-state index contributed by atoms with van der Waals surface area (Å²) in [5.41, 5.74) is 4.15. The molecule has 2 aromatic carbocycles. The lowest BCUT2D eigenvalue weighted by Gasteiger charge is -2.31. The fourth-order valence-electron chi connectivity index (χ4n) is 3.81. The molecule has 1 saturated carbocycles. The monoisotopic (exact) mass is 362 g/mol. The molecule has 4 nitrogen and oxygen atoms in total. The zero-order chi connectivity index (χ0) is 19.0. The normalized spacial score (nSPS) is 18.8. The predicted octanol–water partition coefficient (Wildman–Crippen LogP) is 4.43. The largest absolute Gasteiger partial charge is 0.335 e. The number of hydrogen-bond donors (Lipinski definition) is 1. The summed E-state index contributed by atoms with van der Waals surface area (Å²) in [6.45, 7) is 4.98. The van der Waals surface area contributed by atoms with E-state index in [1.807, 2.05) is 29.2 Å². The summed E-state index contributed by atoms with van der Waals surface area (Å²) in [7, 11) is 0. The van der Waals surface area contributed by atoms with Gasteiger partial charge in [-0.05, 0) is 41.5 Å². The van der Waals surface area contributed by atoms with Crippen LogP contribution in [0.15, 0.2) is 48.5 Å². The van der Waals surface area contributed by atoms with Crippen LogP contribution in [0, 0.1) is 0 Å². The number of fused-ring (bicyclic) bond motifs is 1. The van der Waals surface area contributed by atoms with Crippen LogP contribution in [-0.4, -0.2) is 22.8 Å². The van der Waals surface area contributed by atoms with Crippen LogP contribution >= 0.6 is 0 Å². The molecule has 2 aromatic rings. The second kappa shape index (κ2) is 7.18. The summed E-state index contributed by atoms with van der Waals surface area (Å²) >= 11 is 0. The van der Waals surface area contributed by atoms with Crippen LogP contribution in [-0.2, 0) is 16.1 Å². The molecule has 1 unspecified atom stereocenters. The quantitative estimate of drug-likeness (QED) is 0.855. The molecule has 1 N–H and O–H groups in total. The van der Waals surface area contributed by atoms with E-state index in [4.69, 9.17) is 0 Å². The van der Waals surface area contributed by atoms with E-state index in [9.17, 15) is 9.59 Å². The Morgan fingerprint density at radius 2 is 1.81 bits per heavy atom. The number of carbonyl (C=O) groups excluding carboxylic acids is 2. The van der Waals surface area contributed by atoms with Gasteiger partial charge in [0.25, 0.3) is 0 Å². The van der Waals surface area contributed by atoms with Crippen molar-refractivity contribution in [3.63, 3.8) is 0 Å². The van der Waals surface area contributed by atoms with Crippen molar-refractivity contribution >= 4 is 17.5 Å². The van der Waals surface area contributed by atoms with Gasteiger partial charge in [-0.3, -0.25) is 9.59 Å². The Morgan fingerprint density at radius 3 is 2.48 bits per heavy atom. The highest BCUT2D eigenvalue weighted by atomic mass is 16.2. The molecule has 140 valence electrons. The molecule has 2 aliphatic rings. The Kier molecular flexibility index (Phi) is 4.73. The van der Waals surface area contributed by atoms with Gasteiger partial charge in [-0.25, -0.2) is 0 Å². The van der Waals surface area contributed by atoms with Gasteiger partial charge in [0.15, 0.2) is 0 Å².